The molecule has 1 aromatic heterocycles. The van der Waals surface area contributed by atoms with Crippen LogP contribution in [0, 0.1) is 0 Å². The number of hydrogen-bond donors (Lipinski definition) is 1. The Hall–Kier alpha value is -1.08. The zero-order valence-corrected chi connectivity index (χ0v) is 12.8. The van der Waals surface area contributed by atoms with Gasteiger partial charge in [0.05, 0.1) is 11.8 Å². The second kappa shape index (κ2) is 5.92. The topological polar surface area (TPSA) is 89.1 Å². The molecular weight excluding hydrogens is 292 g/mol. The molecule has 0 saturated heterocycles. The molecule has 0 aliphatic carbocycles. The van der Waals surface area contributed by atoms with Crippen molar-refractivity contribution in [3.8, 4) is 0 Å². The van der Waals surface area contributed by atoms with Crippen molar-refractivity contribution in [2.75, 3.05) is 0 Å². The van der Waals surface area contributed by atoms with Crippen molar-refractivity contribution in [3.63, 3.8) is 0 Å². The molecule has 0 spiro atoms. The van der Waals surface area contributed by atoms with Gasteiger partial charge in [-0.15, -0.1) is 0 Å². The molecule has 108 valence electrons. The largest absolute Gasteiger partial charge is 0.458 e. The lowest BCUT2D eigenvalue weighted by Gasteiger charge is -2.10. The lowest BCUT2D eigenvalue weighted by molar-refractivity contribution is 0.0323. The molecule has 0 fully saturated rings. The smallest absolute Gasteiger partial charge is 0.360 e. The number of nitrogens with one attached hydrogen (secondary N) is 1. The Morgan fingerprint density at radius 2 is 2.00 bits per heavy atom. The van der Waals surface area contributed by atoms with Gasteiger partial charge in [0.25, 0.3) is 9.05 Å². The van der Waals surface area contributed by atoms with Gasteiger partial charge in [-0.2, -0.15) is 5.10 Å². The maximum Gasteiger partial charge on any atom is 0.360 e. The number of rotatable bonds is 5. The minimum Gasteiger partial charge on any atom is -0.458 e. The van der Waals surface area contributed by atoms with Gasteiger partial charge in [-0.1, -0.05) is 20.8 Å². The molecule has 1 rings (SSSR count). The first-order chi connectivity index (χ1) is 8.68. The van der Waals surface area contributed by atoms with E-state index in [0.29, 0.717) is 12.1 Å². The van der Waals surface area contributed by atoms with Gasteiger partial charge in [-0.25, -0.2) is 13.2 Å². The number of H-pyrrole nitrogens is 1. The normalized spacial score (nSPS) is 13.6. The molecule has 0 amide bonds. The van der Waals surface area contributed by atoms with Crippen LogP contribution in [0.2, 0.25) is 0 Å². The van der Waals surface area contributed by atoms with Crippen LogP contribution in [0.5, 0.6) is 0 Å². The molecule has 1 unspecified atom stereocenters. The zero-order chi connectivity index (χ0) is 14.8. The summed E-state index contributed by atoms with van der Waals surface area (Å²) in [5.41, 5.74) is 0.00472. The van der Waals surface area contributed by atoms with Crippen molar-refractivity contribution in [1.82, 2.24) is 10.2 Å². The summed E-state index contributed by atoms with van der Waals surface area (Å²) in [6.45, 7) is 7.09. The summed E-state index contributed by atoms with van der Waals surface area (Å²) < 4.78 is 28.3. The van der Waals surface area contributed by atoms with Crippen LogP contribution in [-0.4, -0.2) is 30.7 Å². The van der Waals surface area contributed by atoms with Gasteiger partial charge in [0.2, 0.25) is 0 Å². The Kier molecular flexibility index (Phi) is 4.98. The molecule has 1 atom stereocenters. The van der Waals surface area contributed by atoms with Crippen LogP contribution in [0.1, 0.15) is 56.2 Å². The molecule has 1 aromatic rings. The molecule has 0 radical (unpaired) electrons. The molecule has 0 aliphatic heterocycles. The van der Waals surface area contributed by atoms with Crippen molar-refractivity contribution >= 4 is 25.7 Å². The van der Waals surface area contributed by atoms with Crippen LogP contribution >= 0.6 is 10.7 Å². The van der Waals surface area contributed by atoms with Crippen LogP contribution < -0.4 is 0 Å². The fourth-order valence-corrected chi connectivity index (χ4v) is 2.82. The van der Waals surface area contributed by atoms with E-state index in [1.165, 1.54) is 0 Å². The number of carbonyl (C=O) groups is 1. The number of ether oxygens (including phenoxy) is 1. The number of halogens is 1. The van der Waals surface area contributed by atoms with E-state index in [-0.39, 0.29) is 22.6 Å². The highest BCUT2D eigenvalue weighted by Gasteiger charge is 2.31. The summed E-state index contributed by atoms with van der Waals surface area (Å²) >= 11 is 0. The summed E-state index contributed by atoms with van der Waals surface area (Å²) in [6, 6.07) is 0. The first kappa shape index (κ1) is 16.0. The second-order valence-corrected chi connectivity index (χ2v) is 7.03. The molecule has 0 bridgehead atoms. The molecule has 8 heteroatoms. The first-order valence-electron chi connectivity index (χ1n) is 5.92. The molecule has 1 heterocycles. The zero-order valence-electron chi connectivity index (χ0n) is 11.2. The SMILES string of the molecule is CCC(C)OC(=O)c1n[nH]c(C(C)C)c1S(=O)(=O)Cl. The number of nitrogens with zero attached hydrogens (tertiary/aromatic N) is 1. The standard InChI is InChI=1S/C11H17ClN2O4S/c1-5-7(4)18-11(15)9-10(19(12,16)17)8(6(2)3)13-14-9/h6-7H,5H2,1-4H3,(H,13,14). The lowest BCUT2D eigenvalue weighted by atomic mass is 10.1. The summed E-state index contributed by atoms with van der Waals surface area (Å²) in [5.74, 6) is -0.960. The highest BCUT2D eigenvalue weighted by atomic mass is 35.7. The summed E-state index contributed by atoms with van der Waals surface area (Å²) in [7, 11) is 1.30. The van der Waals surface area contributed by atoms with E-state index in [2.05, 4.69) is 10.2 Å². The van der Waals surface area contributed by atoms with Crippen molar-refractivity contribution in [2.24, 2.45) is 0 Å². The highest BCUT2D eigenvalue weighted by molar-refractivity contribution is 8.13. The van der Waals surface area contributed by atoms with E-state index in [1.807, 2.05) is 6.92 Å². The Balaban J connectivity index is 3.26. The lowest BCUT2D eigenvalue weighted by Crippen LogP contribution is -2.16. The van der Waals surface area contributed by atoms with Crippen molar-refractivity contribution < 1.29 is 17.9 Å². The average molecular weight is 309 g/mol. The van der Waals surface area contributed by atoms with Crippen molar-refractivity contribution in [2.45, 2.75) is 51.0 Å². The predicted molar refractivity (Wildman–Crippen MR) is 70.9 cm³/mol. The van der Waals surface area contributed by atoms with Crippen molar-refractivity contribution in [1.29, 1.82) is 0 Å². The Bertz CT molecular complexity index is 565. The Morgan fingerprint density at radius 3 is 2.42 bits per heavy atom. The van der Waals surface area contributed by atoms with E-state index in [9.17, 15) is 13.2 Å². The number of esters is 1. The minimum atomic E-state index is -4.08. The van der Waals surface area contributed by atoms with Crippen LogP contribution in [0.15, 0.2) is 4.90 Å². The van der Waals surface area contributed by atoms with Crippen molar-refractivity contribution in [3.05, 3.63) is 11.4 Å². The van der Waals surface area contributed by atoms with Crippen LogP contribution in [-0.2, 0) is 13.8 Å². The fraction of sp³-hybridized carbons (Fsp3) is 0.636. The summed E-state index contributed by atoms with van der Waals surface area (Å²) in [5, 5.41) is 6.27. The molecular formula is C11H17ClN2O4S. The molecule has 0 aromatic carbocycles. The Morgan fingerprint density at radius 1 is 1.42 bits per heavy atom. The van der Waals surface area contributed by atoms with Gasteiger partial charge in [0.15, 0.2) is 5.69 Å². The van der Waals surface area contributed by atoms with E-state index in [0.717, 1.165) is 0 Å². The number of aromatic amines is 1. The summed E-state index contributed by atoms with van der Waals surface area (Å²) in [4.78, 5) is 11.6. The molecule has 0 aliphatic rings. The predicted octanol–water partition coefficient (Wildman–Crippen LogP) is 2.42. The van der Waals surface area contributed by atoms with Crippen LogP contribution in [0.4, 0.5) is 0 Å². The van der Waals surface area contributed by atoms with Gasteiger partial charge in [-0.05, 0) is 19.3 Å². The first-order valence-corrected chi connectivity index (χ1v) is 8.23. The molecule has 19 heavy (non-hydrogen) atoms. The maximum atomic E-state index is 11.9. The third-order valence-electron chi connectivity index (χ3n) is 2.65. The molecule has 0 saturated carbocycles. The van der Waals surface area contributed by atoms with Crippen LogP contribution in [0.25, 0.3) is 0 Å². The molecule has 1 N–H and O–H groups in total. The van der Waals surface area contributed by atoms with Gasteiger partial charge >= 0.3 is 5.97 Å². The van der Waals surface area contributed by atoms with E-state index in [1.54, 1.807) is 20.8 Å². The Labute approximate surface area is 116 Å². The third-order valence-corrected chi connectivity index (χ3v) is 4.01. The van der Waals surface area contributed by atoms with Gasteiger partial charge in [0, 0.05) is 10.7 Å². The number of hydrogen-bond acceptors (Lipinski definition) is 5. The highest BCUT2D eigenvalue weighted by Crippen LogP contribution is 2.28. The number of aromatic nitrogens is 2. The van der Waals surface area contributed by atoms with Crippen LogP contribution in [0.3, 0.4) is 0 Å². The molecule has 6 nitrogen and oxygen atoms in total. The fourth-order valence-electron chi connectivity index (χ4n) is 1.44. The third kappa shape index (κ3) is 3.70. The van der Waals surface area contributed by atoms with E-state index >= 15 is 0 Å². The van der Waals surface area contributed by atoms with E-state index in [4.69, 9.17) is 15.4 Å². The monoisotopic (exact) mass is 308 g/mol. The van der Waals surface area contributed by atoms with E-state index < -0.39 is 15.0 Å². The van der Waals surface area contributed by atoms with Gasteiger partial charge in [-0.3, -0.25) is 5.10 Å². The summed E-state index contributed by atoms with van der Waals surface area (Å²) in [6.07, 6.45) is 0.300. The van der Waals surface area contributed by atoms with Gasteiger partial charge in [0.1, 0.15) is 4.90 Å². The maximum absolute atomic E-state index is 11.9. The quantitative estimate of drug-likeness (QED) is 0.666. The number of carbonyl (C=O) groups excluding carboxylic acids is 1. The van der Waals surface area contributed by atoms with Gasteiger partial charge < -0.3 is 4.74 Å². The average Bonchev–Trinajstić information content (AvgIpc) is 2.72. The second-order valence-electron chi connectivity index (χ2n) is 4.53. The minimum absolute atomic E-state index is 0.166.